The summed E-state index contributed by atoms with van der Waals surface area (Å²) < 4.78 is 9.02. The molecule has 9 heteroatoms. The summed E-state index contributed by atoms with van der Waals surface area (Å²) in [5.74, 6) is -0.570. The quantitative estimate of drug-likeness (QED) is 0.215. The van der Waals surface area contributed by atoms with Gasteiger partial charge in [0.25, 0.3) is 0 Å². The number of ether oxygens (including phenoxy) is 1. The average Bonchev–Trinajstić information content (AvgIpc) is 3.36. The number of nitriles is 1. The van der Waals surface area contributed by atoms with Gasteiger partial charge in [-0.05, 0) is 37.1 Å². The molecule has 1 amide bonds. The Hall–Kier alpha value is -5.23. The van der Waals surface area contributed by atoms with Gasteiger partial charge in [0, 0.05) is 66.4 Å². The molecule has 0 bridgehead atoms. The Balaban J connectivity index is 1.65. The van der Waals surface area contributed by atoms with Crippen LogP contribution in [0.4, 0.5) is 0 Å². The van der Waals surface area contributed by atoms with E-state index in [0.717, 1.165) is 30.2 Å². The molecular formula is C30H25N5O4. The molecule has 1 aliphatic rings. The van der Waals surface area contributed by atoms with Gasteiger partial charge < -0.3 is 14.2 Å². The third-order valence-electron chi connectivity index (χ3n) is 6.75. The number of piperidine rings is 1. The highest BCUT2D eigenvalue weighted by molar-refractivity contribution is 5.98. The summed E-state index contributed by atoms with van der Waals surface area (Å²) >= 11 is 0. The first kappa shape index (κ1) is 25.4. The van der Waals surface area contributed by atoms with E-state index in [1.165, 1.54) is 24.3 Å². The van der Waals surface area contributed by atoms with Gasteiger partial charge in [-0.3, -0.25) is 14.3 Å². The fourth-order valence-corrected chi connectivity index (χ4v) is 4.89. The molecule has 0 spiro atoms. The third-order valence-corrected chi connectivity index (χ3v) is 6.75. The molecule has 3 heterocycles. The van der Waals surface area contributed by atoms with Gasteiger partial charge in [-0.25, -0.2) is 4.79 Å². The second-order valence-electron chi connectivity index (χ2n) is 9.17. The summed E-state index contributed by atoms with van der Waals surface area (Å²) in [5, 5.41) is 15.7. The molecule has 0 N–H and O–H groups in total. The van der Waals surface area contributed by atoms with Crippen LogP contribution < -0.4 is 10.2 Å². The zero-order valence-electron chi connectivity index (χ0n) is 21.1. The van der Waals surface area contributed by atoms with Crippen LogP contribution in [-0.4, -0.2) is 44.2 Å². The van der Waals surface area contributed by atoms with Crippen molar-refractivity contribution in [3.05, 3.63) is 102 Å². The molecule has 1 fully saturated rings. The first-order valence-corrected chi connectivity index (χ1v) is 12.4. The number of benzene rings is 2. The Kier molecular flexibility index (Phi) is 6.93. The fourth-order valence-electron chi connectivity index (χ4n) is 4.89. The summed E-state index contributed by atoms with van der Waals surface area (Å²) in [4.78, 5) is 37.5. The fraction of sp³-hybridized carbons (Fsp3) is 0.167. The van der Waals surface area contributed by atoms with E-state index in [1.807, 2.05) is 33.5 Å². The summed E-state index contributed by atoms with van der Waals surface area (Å²) in [6.45, 7) is 8.12. The van der Waals surface area contributed by atoms with Gasteiger partial charge in [0.15, 0.2) is 5.43 Å². The van der Waals surface area contributed by atoms with E-state index in [9.17, 15) is 19.6 Å². The molecule has 1 unspecified atom stereocenters. The van der Waals surface area contributed by atoms with Crippen molar-refractivity contribution in [2.45, 2.75) is 18.9 Å². The lowest BCUT2D eigenvalue weighted by Crippen LogP contribution is -2.40. The maximum atomic E-state index is 12.4. The Morgan fingerprint density at radius 3 is 2.49 bits per heavy atom. The Labute approximate surface area is 224 Å². The normalized spacial score (nSPS) is 14.9. The number of esters is 1. The minimum absolute atomic E-state index is 0.0720. The number of hydrogen-bond acceptors (Lipinski definition) is 6. The molecule has 194 valence electrons. The molecule has 0 radical (unpaired) electrons. The van der Waals surface area contributed by atoms with Crippen molar-refractivity contribution in [3.8, 4) is 28.8 Å². The molecule has 4 aromatic rings. The lowest BCUT2D eigenvalue weighted by Gasteiger charge is -2.32. The van der Waals surface area contributed by atoms with Crippen LogP contribution in [0.1, 0.15) is 24.4 Å². The van der Waals surface area contributed by atoms with Crippen LogP contribution in [0.15, 0.2) is 91.0 Å². The van der Waals surface area contributed by atoms with Crippen LogP contribution in [0.3, 0.4) is 0 Å². The van der Waals surface area contributed by atoms with E-state index in [2.05, 4.69) is 19.2 Å². The average molecular weight is 520 g/mol. The number of nitrogens with zero attached hydrogens (tertiary/aromatic N) is 5. The van der Waals surface area contributed by atoms with Gasteiger partial charge >= 0.3 is 5.97 Å². The smallest absolute Gasteiger partial charge is 0.335 e. The number of carbonyl (C=O) groups is 2. The van der Waals surface area contributed by atoms with Crippen molar-refractivity contribution >= 4 is 22.8 Å². The molecule has 2 aromatic carbocycles. The molecule has 1 aliphatic heterocycles. The maximum Gasteiger partial charge on any atom is 0.335 e. The van der Waals surface area contributed by atoms with Crippen LogP contribution in [0.2, 0.25) is 0 Å². The van der Waals surface area contributed by atoms with Crippen LogP contribution in [0.5, 0.6) is 5.75 Å². The molecule has 2 aromatic heterocycles. The van der Waals surface area contributed by atoms with Crippen molar-refractivity contribution in [3.63, 3.8) is 0 Å². The van der Waals surface area contributed by atoms with Crippen molar-refractivity contribution in [2.75, 3.05) is 13.1 Å². The Morgan fingerprint density at radius 1 is 1.08 bits per heavy atom. The number of rotatable bonds is 6. The van der Waals surface area contributed by atoms with Crippen molar-refractivity contribution in [2.24, 2.45) is 0 Å². The second-order valence-corrected chi connectivity index (χ2v) is 9.17. The van der Waals surface area contributed by atoms with Gasteiger partial charge in [-0.1, -0.05) is 25.3 Å². The van der Waals surface area contributed by atoms with E-state index >= 15 is 0 Å². The second kappa shape index (κ2) is 10.6. The summed E-state index contributed by atoms with van der Waals surface area (Å²) in [6, 6.07) is 15.9. The lowest BCUT2D eigenvalue weighted by atomic mass is 10.0. The van der Waals surface area contributed by atoms with Crippen molar-refractivity contribution < 1.29 is 14.3 Å². The summed E-state index contributed by atoms with van der Waals surface area (Å²) in [6.07, 6.45) is 7.32. The van der Waals surface area contributed by atoms with E-state index in [4.69, 9.17) is 9.84 Å². The highest BCUT2D eigenvalue weighted by Crippen LogP contribution is 2.37. The topological polar surface area (TPSA) is 110 Å². The minimum Gasteiger partial charge on any atom is -0.423 e. The van der Waals surface area contributed by atoms with Gasteiger partial charge in [-0.2, -0.15) is 10.4 Å². The largest absolute Gasteiger partial charge is 0.423 e. The number of fused-ring (bicyclic) bond motifs is 1. The number of carbonyl (C=O) groups excluding carboxylic acids is 2. The van der Waals surface area contributed by atoms with E-state index in [-0.39, 0.29) is 23.1 Å². The van der Waals surface area contributed by atoms with Gasteiger partial charge in [-0.15, -0.1) is 0 Å². The van der Waals surface area contributed by atoms with Gasteiger partial charge in [0.2, 0.25) is 5.91 Å². The lowest BCUT2D eigenvalue weighted by molar-refractivity contribution is -0.129. The van der Waals surface area contributed by atoms with E-state index in [0.29, 0.717) is 35.2 Å². The molecular weight excluding hydrogens is 494 g/mol. The van der Waals surface area contributed by atoms with Crippen LogP contribution >= 0.6 is 0 Å². The molecule has 1 atom stereocenters. The zero-order chi connectivity index (χ0) is 27.5. The number of amides is 1. The summed E-state index contributed by atoms with van der Waals surface area (Å²) in [5.41, 5.74) is 3.08. The monoisotopic (exact) mass is 519 g/mol. The SMILES string of the molecule is C=CC(=O)Oc1cc(C#N)c2c(c1)c(-c1ccc(-n3ccc(=O)cc3)cc1)nn2C1CCCN(C(=O)C=C)C1. The minimum atomic E-state index is -0.636. The van der Waals surface area contributed by atoms with Gasteiger partial charge in [0.05, 0.1) is 17.1 Å². The van der Waals surface area contributed by atoms with Crippen LogP contribution in [0.25, 0.3) is 27.8 Å². The van der Waals surface area contributed by atoms with Crippen molar-refractivity contribution in [1.29, 1.82) is 5.26 Å². The first-order chi connectivity index (χ1) is 18.9. The van der Waals surface area contributed by atoms with Gasteiger partial charge in [0.1, 0.15) is 17.5 Å². The third kappa shape index (κ3) is 5.00. The molecule has 5 rings (SSSR count). The number of hydrogen-bond donors (Lipinski definition) is 0. The maximum absolute atomic E-state index is 12.4. The zero-order valence-corrected chi connectivity index (χ0v) is 21.1. The van der Waals surface area contributed by atoms with E-state index in [1.54, 1.807) is 23.4 Å². The molecule has 0 aliphatic carbocycles. The number of pyridine rings is 1. The van der Waals surface area contributed by atoms with Crippen LogP contribution in [-0.2, 0) is 9.59 Å². The highest BCUT2D eigenvalue weighted by atomic mass is 16.5. The Bertz CT molecular complexity index is 1690. The molecule has 39 heavy (non-hydrogen) atoms. The van der Waals surface area contributed by atoms with Crippen LogP contribution in [0, 0.1) is 11.3 Å². The number of aromatic nitrogens is 3. The Morgan fingerprint density at radius 2 is 1.82 bits per heavy atom. The molecule has 0 saturated carbocycles. The molecule has 9 nitrogen and oxygen atoms in total. The predicted molar refractivity (Wildman–Crippen MR) is 146 cm³/mol. The van der Waals surface area contributed by atoms with Crippen molar-refractivity contribution in [1.82, 2.24) is 19.2 Å². The van der Waals surface area contributed by atoms with E-state index < -0.39 is 5.97 Å². The predicted octanol–water partition coefficient (Wildman–Crippen LogP) is 4.17. The summed E-state index contributed by atoms with van der Waals surface area (Å²) in [7, 11) is 0. The highest BCUT2D eigenvalue weighted by Gasteiger charge is 2.28. The first-order valence-electron chi connectivity index (χ1n) is 12.4. The standard InChI is InChI=1S/C30H25N5O4/c1-3-27(37)34-13-5-6-23(19-34)35-30-21(18-31)16-25(39-28(38)4-2)17-26(30)29(32-35)20-7-9-22(10-8-20)33-14-11-24(36)12-15-33/h3-4,7-12,14-17,23H,1-2,5-6,13,19H2. The molecule has 1 saturated heterocycles. The number of likely N-dealkylation sites (tertiary alicyclic amines) is 1.